The summed E-state index contributed by atoms with van der Waals surface area (Å²) in [5, 5.41) is 0. The molecule has 1 aromatic rings. The molecule has 0 saturated carbocycles. The van der Waals surface area contributed by atoms with E-state index in [4.69, 9.17) is 11.5 Å². The van der Waals surface area contributed by atoms with Gasteiger partial charge in [0.15, 0.2) is 0 Å². The van der Waals surface area contributed by atoms with Gasteiger partial charge in [0.1, 0.15) is 6.17 Å². The number of hydrogen-bond acceptors (Lipinski definition) is 5. The van der Waals surface area contributed by atoms with Crippen LogP contribution in [0.5, 0.6) is 0 Å². The molecule has 0 spiro atoms. The molecule has 17 heavy (non-hydrogen) atoms. The molecule has 90 valence electrons. The fraction of sp³-hybridized carbons (Fsp3) is 0.333. The average Bonchev–Trinajstić information content (AvgIpc) is 2.29. The lowest BCUT2D eigenvalue weighted by atomic mass is 10.1. The molecule has 1 unspecified atom stereocenters. The highest BCUT2D eigenvalue weighted by Crippen LogP contribution is 2.23. The molecule has 0 fully saturated rings. The number of para-hydroxylation sites is 1. The van der Waals surface area contributed by atoms with Crippen LogP contribution in [0.4, 0.5) is 5.69 Å². The summed E-state index contributed by atoms with van der Waals surface area (Å²) < 4.78 is 0. The molecule has 5 nitrogen and oxygen atoms in total. The fourth-order valence-corrected chi connectivity index (χ4v) is 1.85. The van der Waals surface area contributed by atoms with E-state index in [1.165, 1.54) is 0 Å². The highest BCUT2D eigenvalue weighted by molar-refractivity contribution is 6.04. The summed E-state index contributed by atoms with van der Waals surface area (Å²) in [6, 6.07) is 9.84. The summed E-state index contributed by atoms with van der Waals surface area (Å²) in [5.41, 5.74) is 12.6. The van der Waals surface area contributed by atoms with Gasteiger partial charge in [-0.2, -0.15) is 4.99 Å². The fourth-order valence-electron chi connectivity index (χ4n) is 1.85. The second kappa shape index (κ2) is 4.45. The Hall–Kier alpha value is -2.04. The molecule has 1 aliphatic heterocycles. The van der Waals surface area contributed by atoms with Gasteiger partial charge in [-0.1, -0.05) is 32.0 Å². The number of nitrogens with zero attached hydrogens (tertiary/aromatic N) is 3. The summed E-state index contributed by atoms with van der Waals surface area (Å²) in [5.74, 6) is 0.929. The van der Waals surface area contributed by atoms with E-state index in [1.54, 1.807) is 0 Å². The van der Waals surface area contributed by atoms with Crippen molar-refractivity contribution in [3.63, 3.8) is 0 Å². The van der Waals surface area contributed by atoms with E-state index >= 15 is 0 Å². The third-order valence-corrected chi connectivity index (χ3v) is 2.64. The Morgan fingerprint density at radius 3 is 2.41 bits per heavy atom. The van der Waals surface area contributed by atoms with Crippen molar-refractivity contribution >= 4 is 17.6 Å². The van der Waals surface area contributed by atoms with Gasteiger partial charge in [0.25, 0.3) is 0 Å². The maximum absolute atomic E-state index is 5.94. The molecule has 5 heteroatoms. The van der Waals surface area contributed by atoms with Crippen molar-refractivity contribution in [2.24, 2.45) is 27.4 Å². The summed E-state index contributed by atoms with van der Waals surface area (Å²) in [7, 11) is 0. The van der Waals surface area contributed by atoms with Crippen LogP contribution >= 0.6 is 0 Å². The lowest BCUT2D eigenvalue weighted by Gasteiger charge is -2.34. The molecule has 1 heterocycles. The van der Waals surface area contributed by atoms with Gasteiger partial charge in [0.2, 0.25) is 11.9 Å². The second-order valence-corrected chi connectivity index (χ2v) is 4.32. The Kier molecular flexibility index (Phi) is 2.99. The maximum Gasteiger partial charge on any atom is 0.220 e. The highest BCUT2D eigenvalue weighted by Gasteiger charge is 2.27. The lowest BCUT2D eigenvalue weighted by molar-refractivity contribution is 0.502. The SMILES string of the molecule is CC(C)C1N=C(N)N=C(N)N1c1ccccc1. The number of guanidine groups is 2. The van der Waals surface area contributed by atoms with Gasteiger partial charge < -0.3 is 11.5 Å². The summed E-state index contributed by atoms with van der Waals surface area (Å²) in [6.45, 7) is 4.16. The average molecular weight is 231 g/mol. The van der Waals surface area contributed by atoms with Gasteiger partial charge in [0, 0.05) is 5.69 Å². The Morgan fingerprint density at radius 2 is 1.82 bits per heavy atom. The number of anilines is 1. The van der Waals surface area contributed by atoms with E-state index in [2.05, 4.69) is 23.8 Å². The molecule has 0 aliphatic carbocycles. The number of rotatable bonds is 2. The third kappa shape index (κ3) is 2.22. The Balaban J connectivity index is 2.41. The molecule has 2 rings (SSSR count). The van der Waals surface area contributed by atoms with Gasteiger partial charge in [0.05, 0.1) is 0 Å². The topological polar surface area (TPSA) is 80.0 Å². The van der Waals surface area contributed by atoms with Crippen molar-refractivity contribution in [3.05, 3.63) is 30.3 Å². The zero-order valence-electron chi connectivity index (χ0n) is 10.0. The first kappa shape index (κ1) is 11.4. The Morgan fingerprint density at radius 1 is 1.18 bits per heavy atom. The molecule has 1 atom stereocenters. The van der Waals surface area contributed by atoms with Crippen molar-refractivity contribution in [1.82, 2.24) is 0 Å². The van der Waals surface area contributed by atoms with Crippen LogP contribution in [0.25, 0.3) is 0 Å². The molecule has 0 aromatic heterocycles. The monoisotopic (exact) mass is 231 g/mol. The van der Waals surface area contributed by atoms with Crippen LogP contribution in [0.3, 0.4) is 0 Å². The minimum absolute atomic E-state index is 0.102. The van der Waals surface area contributed by atoms with Crippen molar-refractivity contribution in [2.75, 3.05) is 4.90 Å². The molecular weight excluding hydrogens is 214 g/mol. The lowest BCUT2D eigenvalue weighted by Crippen LogP contribution is -2.50. The van der Waals surface area contributed by atoms with Gasteiger partial charge >= 0.3 is 0 Å². The second-order valence-electron chi connectivity index (χ2n) is 4.32. The summed E-state index contributed by atoms with van der Waals surface area (Å²) in [4.78, 5) is 10.3. The molecule has 0 radical (unpaired) electrons. The molecular formula is C12H17N5. The van der Waals surface area contributed by atoms with Gasteiger partial charge in [-0.05, 0) is 18.1 Å². The largest absolute Gasteiger partial charge is 0.369 e. The van der Waals surface area contributed by atoms with Crippen LogP contribution in [0, 0.1) is 5.92 Å². The number of benzene rings is 1. The molecule has 4 N–H and O–H groups in total. The van der Waals surface area contributed by atoms with E-state index < -0.39 is 0 Å². The highest BCUT2D eigenvalue weighted by atomic mass is 15.4. The van der Waals surface area contributed by atoms with E-state index in [1.807, 2.05) is 35.2 Å². The van der Waals surface area contributed by atoms with Gasteiger partial charge in [-0.15, -0.1) is 0 Å². The molecule has 0 saturated heterocycles. The first-order valence-electron chi connectivity index (χ1n) is 5.61. The third-order valence-electron chi connectivity index (χ3n) is 2.64. The smallest absolute Gasteiger partial charge is 0.220 e. The normalized spacial score (nSPS) is 20.2. The standard InChI is InChI=1S/C12H17N5/c1-8(2)10-15-11(13)16-12(14)17(10)9-6-4-3-5-7-9/h3-8,10H,1-2H3,(H4,13,14,15,16). The first-order chi connectivity index (χ1) is 8.09. The predicted octanol–water partition coefficient (Wildman–Crippen LogP) is 1.12. The van der Waals surface area contributed by atoms with Gasteiger partial charge in [-0.25, -0.2) is 4.99 Å². The van der Waals surface area contributed by atoms with Crippen LogP contribution in [0.15, 0.2) is 40.3 Å². The van der Waals surface area contributed by atoms with Crippen molar-refractivity contribution in [1.29, 1.82) is 0 Å². The van der Waals surface area contributed by atoms with Crippen molar-refractivity contribution in [3.8, 4) is 0 Å². The quantitative estimate of drug-likeness (QED) is 0.800. The maximum atomic E-state index is 5.94. The van der Waals surface area contributed by atoms with Crippen LogP contribution in [-0.4, -0.2) is 18.1 Å². The van der Waals surface area contributed by atoms with Crippen LogP contribution in [-0.2, 0) is 0 Å². The number of aliphatic imine (C=N–C) groups is 2. The minimum atomic E-state index is -0.102. The van der Waals surface area contributed by atoms with Crippen LogP contribution in [0.1, 0.15) is 13.8 Å². The van der Waals surface area contributed by atoms with Crippen LogP contribution < -0.4 is 16.4 Å². The zero-order chi connectivity index (χ0) is 12.4. The van der Waals surface area contributed by atoms with Gasteiger partial charge in [-0.3, -0.25) is 4.90 Å². The molecule has 0 bridgehead atoms. The molecule has 0 amide bonds. The zero-order valence-corrected chi connectivity index (χ0v) is 10.0. The first-order valence-corrected chi connectivity index (χ1v) is 5.61. The molecule has 1 aliphatic rings. The Labute approximate surface area is 101 Å². The van der Waals surface area contributed by atoms with E-state index in [0.717, 1.165) is 5.69 Å². The van der Waals surface area contributed by atoms with E-state index in [0.29, 0.717) is 11.9 Å². The van der Waals surface area contributed by atoms with Crippen LogP contribution in [0.2, 0.25) is 0 Å². The van der Waals surface area contributed by atoms with Crippen molar-refractivity contribution in [2.45, 2.75) is 20.0 Å². The Bertz CT molecular complexity index is 449. The molecule has 1 aromatic carbocycles. The summed E-state index contributed by atoms with van der Waals surface area (Å²) >= 11 is 0. The van der Waals surface area contributed by atoms with E-state index in [9.17, 15) is 0 Å². The summed E-state index contributed by atoms with van der Waals surface area (Å²) in [6.07, 6.45) is -0.102. The number of nitrogens with two attached hydrogens (primary N) is 2. The van der Waals surface area contributed by atoms with Crippen molar-refractivity contribution < 1.29 is 0 Å². The predicted molar refractivity (Wildman–Crippen MR) is 70.8 cm³/mol. The van der Waals surface area contributed by atoms with E-state index in [-0.39, 0.29) is 12.1 Å². The number of hydrogen-bond donors (Lipinski definition) is 2. The minimum Gasteiger partial charge on any atom is -0.369 e.